The van der Waals surface area contributed by atoms with Gasteiger partial charge >= 0.3 is 17.2 Å². The van der Waals surface area contributed by atoms with Crippen LogP contribution in [0.15, 0.2) is 18.7 Å². The third-order valence-corrected chi connectivity index (χ3v) is 4.71. The topological polar surface area (TPSA) is 91.2 Å². The van der Waals surface area contributed by atoms with Gasteiger partial charge in [0.25, 0.3) is 0 Å². The fraction of sp³-hybridized carbons (Fsp3) is 0.625. The molecule has 0 saturated carbocycles. The molecule has 1 aromatic rings. The van der Waals surface area contributed by atoms with Gasteiger partial charge in [-0.2, -0.15) is 39.5 Å². The monoisotopic (exact) mass is 445 g/mol. The summed E-state index contributed by atoms with van der Waals surface area (Å²) in [5.74, 6) is 0. The van der Waals surface area contributed by atoms with E-state index in [4.69, 9.17) is 0 Å². The SMILES string of the molecule is C[n+]1ccn(CC(F)(F)F)c1.O=S(=O)([N-]S(=O)(=O)C(F)(F)F)C(F)(F)F. The second-order valence-electron chi connectivity index (χ2n) is 4.28. The molecule has 0 saturated heterocycles. The van der Waals surface area contributed by atoms with Crippen LogP contribution in [0.4, 0.5) is 39.5 Å². The zero-order chi connectivity index (χ0) is 21.2. The van der Waals surface area contributed by atoms with E-state index in [1.165, 1.54) is 12.5 Å². The lowest BCUT2D eigenvalue weighted by molar-refractivity contribution is -0.671. The summed E-state index contributed by atoms with van der Waals surface area (Å²) in [5, 5.41) is 0. The quantitative estimate of drug-likeness (QED) is 0.525. The van der Waals surface area contributed by atoms with Gasteiger partial charge in [0.05, 0.1) is 7.05 Å². The zero-order valence-corrected chi connectivity index (χ0v) is 13.8. The minimum absolute atomic E-state index is 0.778. The van der Waals surface area contributed by atoms with Gasteiger partial charge in [-0.15, -0.1) is 0 Å². The molecule has 154 valence electrons. The molecule has 0 aliphatic carbocycles. The van der Waals surface area contributed by atoms with Crippen LogP contribution in [0.25, 0.3) is 4.13 Å². The smallest absolute Gasteiger partial charge is 0.421 e. The molecule has 0 bridgehead atoms. The molecule has 0 aromatic carbocycles. The maximum absolute atomic E-state index is 11.7. The lowest BCUT2D eigenvalue weighted by Gasteiger charge is -2.22. The fourth-order valence-electron chi connectivity index (χ4n) is 1.02. The average molecular weight is 445 g/mol. The van der Waals surface area contributed by atoms with Crippen molar-refractivity contribution in [1.29, 1.82) is 0 Å². The highest BCUT2D eigenvalue weighted by molar-refractivity contribution is 8.13. The Morgan fingerprint density at radius 3 is 1.50 bits per heavy atom. The summed E-state index contributed by atoms with van der Waals surface area (Å²) < 4.78 is 147. The van der Waals surface area contributed by atoms with Crippen molar-refractivity contribution < 1.29 is 60.9 Å². The minimum Gasteiger partial charge on any atom is -0.421 e. The molecule has 1 aromatic heterocycles. The highest BCUT2D eigenvalue weighted by atomic mass is 32.3. The van der Waals surface area contributed by atoms with Crippen LogP contribution in [-0.2, 0) is 33.6 Å². The number of halogens is 9. The van der Waals surface area contributed by atoms with Crippen molar-refractivity contribution >= 4 is 20.0 Å². The number of hydrogen-bond donors (Lipinski definition) is 0. The summed E-state index contributed by atoms with van der Waals surface area (Å²) in [7, 11) is -11.8. The van der Waals surface area contributed by atoms with Gasteiger partial charge in [-0.25, -0.2) is 26.0 Å². The standard InChI is InChI=1S/C6H8F3N2.C2F6NO4S2/c1-10-2-3-11(5-10)4-6(7,8)9;3-1(4,5)14(10,11)9-15(12,13)2(6,7)8/h2-3,5H,4H2,1H3;/q+1;-1. The molecular weight excluding hydrogens is 437 g/mol. The van der Waals surface area contributed by atoms with Crippen LogP contribution in [0.3, 0.4) is 0 Å². The van der Waals surface area contributed by atoms with Crippen molar-refractivity contribution in [3.05, 3.63) is 22.8 Å². The molecule has 0 unspecified atom stereocenters. The van der Waals surface area contributed by atoms with E-state index in [-0.39, 0.29) is 0 Å². The van der Waals surface area contributed by atoms with Crippen molar-refractivity contribution in [2.24, 2.45) is 7.05 Å². The Hall–Kier alpha value is -1.56. The Bertz CT molecular complexity index is 763. The van der Waals surface area contributed by atoms with E-state index in [1.807, 2.05) is 0 Å². The Labute approximate surface area is 140 Å². The lowest BCUT2D eigenvalue weighted by Crippen LogP contribution is -2.30. The van der Waals surface area contributed by atoms with Gasteiger partial charge in [0.2, 0.25) is 6.33 Å². The van der Waals surface area contributed by atoms with Gasteiger partial charge in [-0.05, 0) is 0 Å². The van der Waals surface area contributed by atoms with Gasteiger partial charge < -0.3 is 4.13 Å². The summed E-state index contributed by atoms with van der Waals surface area (Å²) in [4.78, 5) is 0. The van der Waals surface area contributed by atoms with E-state index in [1.54, 1.807) is 17.8 Å². The van der Waals surface area contributed by atoms with Gasteiger partial charge in [0, 0.05) is 0 Å². The van der Waals surface area contributed by atoms with Crippen LogP contribution in [0.1, 0.15) is 0 Å². The number of alkyl halides is 9. The number of hydrogen-bond acceptors (Lipinski definition) is 4. The largest absolute Gasteiger partial charge is 0.480 e. The molecular formula is C8H8F9N3O4S2. The van der Waals surface area contributed by atoms with Crippen LogP contribution in [0.5, 0.6) is 0 Å². The van der Waals surface area contributed by atoms with Crippen LogP contribution in [-0.4, -0.2) is 38.6 Å². The molecule has 0 aliphatic rings. The molecule has 0 fully saturated rings. The first-order valence-corrected chi connectivity index (χ1v) is 8.50. The number of rotatable bonds is 3. The molecule has 0 atom stereocenters. The van der Waals surface area contributed by atoms with E-state index in [0.29, 0.717) is 0 Å². The minimum atomic E-state index is -6.72. The number of aryl methyl sites for hydroxylation is 1. The third-order valence-electron chi connectivity index (χ3n) is 1.97. The molecule has 0 aliphatic heterocycles. The predicted octanol–water partition coefficient (Wildman–Crippen LogP) is 1.93. The van der Waals surface area contributed by atoms with Crippen molar-refractivity contribution in [2.45, 2.75) is 23.7 Å². The highest BCUT2D eigenvalue weighted by Gasteiger charge is 2.46. The normalized spacial score (nSPS) is 13.9. The summed E-state index contributed by atoms with van der Waals surface area (Å²) in [5.41, 5.74) is -12.4. The van der Waals surface area contributed by atoms with Crippen molar-refractivity contribution in [3.8, 4) is 0 Å². The summed E-state index contributed by atoms with van der Waals surface area (Å²) in [6.45, 7) is -0.923. The van der Waals surface area contributed by atoms with E-state index in [9.17, 15) is 56.3 Å². The third kappa shape index (κ3) is 7.77. The highest BCUT2D eigenvalue weighted by Crippen LogP contribution is 2.36. The number of sulfonamides is 2. The molecule has 0 N–H and O–H groups in total. The number of imidazole rings is 1. The van der Waals surface area contributed by atoms with Crippen molar-refractivity contribution in [2.75, 3.05) is 0 Å². The van der Waals surface area contributed by atoms with E-state index in [2.05, 4.69) is 0 Å². The van der Waals surface area contributed by atoms with Gasteiger partial charge in [0.15, 0.2) is 26.6 Å². The molecule has 0 radical (unpaired) electrons. The number of aromatic nitrogens is 2. The number of nitrogens with zero attached hydrogens (tertiary/aromatic N) is 3. The zero-order valence-electron chi connectivity index (χ0n) is 12.1. The molecule has 1 rings (SSSR count). The second-order valence-corrected chi connectivity index (χ2v) is 7.71. The first kappa shape index (κ1) is 24.4. The van der Waals surface area contributed by atoms with Crippen LogP contribution in [0, 0.1) is 0 Å². The Balaban J connectivity index is 0.000000502. The van der Waals surface area contributed by atoms with E-state index < -0.39 is 43.8 Å². The van der Waals surface area contributed by atoms with Gasteiger partial charge in [-0.1, -0.05) is 0 Å². The Morgan fingerprint density at radius 2 is 1.27 bits per heavy atom. The van der Waals surface area contributed by atoms with Crippen LogP contribution < -0.4 is 4.57 Å². The second kappa shape index (κ2) is 7.59. The molecule has 0 amide bonds. The maximum Gasteiger partial charge on any atom is 0.480 e. The van der Waals surface area contributed by atoms with Gasteiger partial charge in [-0.3, -0.25) is 0 Å². The Kier molecular flexibility index (Phi) is 7.13. The lowest BCUT2D eigenvalue weighted by atomic mass is 10.6. The first-order valence-electron chi connectivity index (χ1n) is 5.62. The molecule has 18 heteroatoms. The summed E-state index contributed by atoms with van der Waals surface area (Å²) in [6.07, 6.45) is 0.193. The molecule has 26 heavy (non-hydrogen) atoms. The van der Waals surface area contributed by atoms with Crippen molar-refractivity contribution in [1.82, 2.24) is 4.57 Å². The maximum atomic E-state index is 11.7. The van der Waals surface area contributed by atoms with E-state index in [0.717, 1.165) is 8.69 Å². The predicted molar refractivity (Wildman–Crippen MR) is 65.0 cm³/mol. The summed E-state index contributed by atoms with van der Waals surface area (Å²) in [6, 6.07) is 0. The molecule has 0 spiro atoms. The van der Waals surface area contributed by atoms with E-state index >= 15 is 0 Å². The average Bonchev–Trinajstić information content (AvgIpc) is 2.68. The molecule has 7 nitrogen and oxygen atoms in total. The summed E-state index contributed by atoms with van der Waals surface area (Å²) >= 11 is 0. The fourth-order valence-corrected chi connectivity index (χ4v) is 2.73. The van der Waals surface area contributed by atoms with Crippen LogP contribution >= 0.6 is 0 Å². The Morgan fingerprint density at radius 1 is 0.885 bits per heavy atom. The van der Waals surface area contributed by atoms with Crippen LogP contribution in [0.2, 0.25) is 0 Å². The molecule has 1 heterocycles. The first-order chi connectivity index (χ1) is 11.2. The van der Waals surface area contributed by atoms with Crippen molar-refractivity contribution in [3.63, 3.8) is 0 Å². The van der Waals surface area contributed by atoms with Gasteiger partial charge in [0.1, 0.15) is 12.4 Å².